The first-order valence-corrected chi connectivity index (χ1v) is 5.17. The fourth-order valence-corrected chi connectivity index (χ4v) is 1.58. The molecule has 4 heteroatoms. The predicted octanol–water partition coefficient (Wildman–Crippen LogP) is 1.59. The van der Waals surface area contributed by atoms with Gasteiger partial charge in [0.15, 0.2) is 0 Å². The summed E-state index contributed by atoms with van der Waals surface area (Å²) >= 11 is 0. The van der Waals surface area contributed by atoms with Crippen molar-refractivity contribution in [2.75, 3.05) is 13.7 Å². The van der Waals surface area contributed by atoms with E-state index in [9.17, 15) is 4.79 Å². The summed E-state index contributed by atoms with van der Waals surface area (Å²) in [7, 11) is 1.35. The Morgan fingerprint density at radius 1 is 1.62 bits per heavy atom. The molecule has 0 spiro atoms. The topological polar surface area (TPSA) is 48.4 Å². The molecular weight excluding hydrogens is 206 g/mol. The van der Waals surface area contributed by atoms with Crippen LogP contribution in [0.4, 0.5) is 0 Å². The number of carbonyl (C=O) groups excluding carboxylic acids is 1. The van der Waals surface area contributed by atoms with Crippen LogP contribution in [0.2, 0.25) is 0 Å². The zero-order valence-corrected chi connectivity index (χ0v) is 9.10. The molecule has 0 aromatic carbocycles. The minimum atomic E-state index is -0.367. The van der Waals surface area contributed by atoms with Crippen molar-refractivity contribution in [1.82, 2.24) is 4.98 Å². The van der Waals surface area contributed by atoms with Gasteiger partial charge in [0.1, 0.15) is 0 Å². The van der Waals surface area contributed by atoms with Crippen molar-refractivity contribution in [2.24, 2.45) is 0 Å². The SMILES string of the molecule is COC(=O)C=Cc1cnc2c(c1)CCCO2. The van der Waals surface area contributed by atoms with Crippen LogP contribution >= 0.6 is 0 Å². The molecule has 2 heterocycles. The smallest absolute Gasteiger partial charge is 0.330 e. The summed E-state index contributed by atoms with van der Waals surface area (Å²) in [5, 5.41) is 0. The monoisotopic (exact) mass is 219 g/mol. The molecule has 16 heavy (non-hydrogen) atoms. The van der Waals surface area contributed by atoms with Crippen molar-refractivity contribution < 1.29 is 14.3 Å². The molecule has 1 aliphatic heterocycles. The zero-order chi connectivity index (χ0) is 11.4. The number of methoxy groups -OCH3 is 1. The highest BCUT2D eigenvalue weighted by Crippen LogP contribution is 2.22. The Balaban J connectivity index is 2.17. The Labute approximate surface area is 93.9 Å². The summed E-state index contributed by atoms with van der Waals surface area (Å²) in [5.41, 5.74) is 1.98. The first-order valence-electron chi connectivity index (χ1n) is 5.17. The lowest BCUT2D eigenvalue weighted by Gasteiger charge is -2.15. The molecular formula is C12H13NO3. The summed E-state index contributed by atoms with van der Waals surface area (Å²) in [6.07, 6.45) is 6.74. The van der Waals surface area contributed by atoms with Crippen LogP contribution in [0.5, 0.6) is 5.88 Å². The third-order valence-electron chi connectivity index (χ3n) is 2.39. The maximum Gasteiger partial charge on any atom is 0.330 e. The van der Waals surface area contributed by atoms with E-state index in [1.807, 2.05) is 6.07 Å². The lowest BCUT2D eigenvalue weighted by Crippen LogP contribution is -2.09. The second-order valence-corrected chi connectivity index (χ2v) is 3.54. The number of pyridine rings is 1. The van der Waals surface area contributed by atoms with Gasteiger partial charge in [0.25, 0.3) is 0 Å². The predicted molar refractivity (Wildman–Crippen MR) is 59.1 cm³/mol. The molecule has 2 rings (SSSR count). The minimum Gasteiger partial charge on any atom is -0.477 e. The second kappa shape index (κ2) is 4.79. The Morgan fingerprint density at radius 3 is 3.31 bits per heavy atom. The molecule has 84 valence electrons. The summed E-state index contributed by atoms with van der Waals surface area (Å²) in [6, 6.07) is 1.99. The van der Waals surface area contributed by atoms with Crippen molar-refractivity contribution in [3.8, 4) is 5.88 Å². The van der Waals surface area contributed by atoms with E-state index in [1.54, 1.807) is 12.3 Å². The van der Waals surface area contributed by atoms with Crippen molar-refractivity contribution >= 4 is 12.0 Å². The zero-order valence-electron chi connectivity index (χ0n) is 9.10. The van der Waals surface area contributed by atoms with Crippen LogP contribution in [0.1, 0.15) is 17.5 Å². The van der Waals surface area contributed by atoms with Gasteiger partial charge in [-0.25, -0.2) is 9.78 Å². The average Bonchev–Trinajstić information content (AvgIpc) is 2.35. The number of esters is 1. The van der Waals surface area contributed by atoms with Gasteiger partial charge in [-0.15, -0.1) is 0 Å². The van der Waals surface area contributed by atoms with Gasteiger partial charge in [0.2, 0.25) is 5.88 Å². The average molecular weight is 219 g/mol. The molecule has 0 aliphatic carbocycles. The number of fused-ring (bicyclic) bond motifs is 1. The molecule has 0 fully saturated rings. The number of hydrogen-bond acceptors (Lipinski definition) is 4. The largest absolute Gasteiger partial charge is 0.477 e. The summed E-state index contributed by atoms with van der Waals surface area (Å²) in [4.78, 5) is 15.1. The molecule has 0 unspecified atom stereocenters. The summed E-state index contributed by atoms with van der Waals surface area (Å²) in [6.45, 7) is 0.733. The van der Waals surface area contributed by atoms with Gasteiger partial charge in [-0.3, -0.25) is 0 Å². The van der Waals surface area contributed by atoms with Crippen LogP contribution in [0.25, 0.3) is 6.08 Å². The second-order valence-electron chi connectivity index (χ2n) is 3.54. The summed E-state index contributed by atoms with van der Waals surface area (Å²) < 4.78 is 9.91. The lowest BCUT2D eigenvalue weighted by molar-refractivity contribution is -0.134. The maximum absolute atomic E-state index is 10.9. The number of nitrogens with zero attached hydrogens (tertiary/aromatic N) is 1. The van der Waals surface area contributed by atoms with Gasteiger partial charge in [0, 0.05) is 17.8 Å². The van der Waals surface area contributed by atoms with E-state index in [2.05, 4.69) is 9.72 Å². The molecule has 0 N–H and O–H groups in total. The van der Waals surface area contributed by atoms with E-state index in [0.29, 0.717) is 5.88 Å². The van der Waals surface area contributed by atoms with Crippen LogP contribution in [-0.4, -0.2) is 24.7 Å². The van der Waals surface area contributed by atoms with Gasteiger partial charge in [0.05, 0.1) is 13.7 Å². The molecule has 0 radical (unpaired) electrons. The molecule has 0 bridgehead atoms. The Hall–Kier alpha value is -1.84. The standard InChI is InChI=1S/C12H13NO3/c1-15-11(14)5-4-9-7-10-3-2-6-16-12(10)13-8-9/h4-5,7-8H,2-3,6H2,1H3. The fraction of sp³-hybridized carbons (Fsp3) is 0.333. The van der Waals surface area contributed by atoms with Gasteiger partial charge >= 0.3 is 5.97 Å². The lowest BCUT2D eigenvalue weighted by atomic mass is 10.1. The maximum atomic E-state index is 10.9. The van der Waals surface area contributed by atoms with Gasteiger partial charge in [-0.1, -0.05) is 0 Å². The van der Waals surface area contributed by atoms with Crippen LogP contribution in [0.3, 0.4) is 0 Å². The number of carbonyl (C=O) groups is 1. The number of aromatic nitrogens is 1. The first-order chi connectivity index (χ1) is 7.79. The van der Waals surface area contributed by atoms with E-state index in [-0.39, 0.29) is 5.97 Å². The van der Waals surface area contributed by atoms with E-state index in [4.69, 9.17) is 4.74 Å². The Kier molecular flexibility index (Phi) is 3.19. The van der Waals surface area contributed by atoms with Crippen molar-refractivity contribution in [3.05, 3.63) is 29.5 Å². The highest BCUT2D eigenvalue weighted by molar-refractivity contribution is 5.86. The van der Waals surface area contributed by atoms with Gasteiger partial charge in [-0.05, 0) is 30.5 Å². The van der Waals surface area contributed by atoms with Crippen LogP contribution in [-0.2, 0) is 16.0 Å². The molecule has 1 aliphatic rings. The van der Waals surface area contributed by atoms with E-state index < -0.39 is 0 Å². The van der Waals surface area contributed by atoms with Crippen molar-refractivity contribution in [2.45, 2.75) is 12.8 Å². The molecule has 0 saturated carbocycles. The molecule has 4 nitrogen and oxygen atoms in total. The van der Waals surface area contributed by atoms with Gasteiger partial charge < -0.3 is 9.47 Å². The van der Waals surface area contributed by atoms with E-state index in [0.717, 1.165) is 30.6 Å². The first kappa shape index (κ1) is 10.7. The summed E-state index contributed by atoms with van der Waals surface area (Å²) in [5.74, 6) is 0.343. The number of aryl methyl sites for hydroxylation is 1. The van der Waals surface area contributed by atoms with E-state index >= 15 is 0 Å². The van der Waals surface area contributed by atoms with Crippen LogP contribution < -0.4 is 4.74 Å². The minimum absolute atomic E-state index is 0.367. The molecule has 1 aromatic rings. The molecule has 0 amide bonds. The van der Waals surface area contributed by atoms with Crippen LogP contribution in [0, 0.1) is 0 Å². The number of ether oxygens (including phenoxy) is 2. The molecule has 0 atom stereocenters. The third-order valence-corrected chi connectivity index (χ3v) is 2.39. The van der Waals surface area contributed by atoms with Crippen molar-refractivity contribution in [3.63, 3.8) is 0 Å². The normalized spacial score (nSPS) is 14.3. The highest BCUT2D eigenvalue weighted by Gasteiger charge is 2.11. The number of hydrogen-bond donors (Lipinski definition) is 0. The Bertz CT molecular complexity index is 426. The van der Waals surface area contributed by atoms with Gasteiger partial charge in [-0.2, -0.15) is 0 Å². The number of rotatable bonds is 2. The highest BCUT2D eigenvalue weighted by atomic mass is 16.5. The quantitative estimate of drug-likeness (QED) is 0.560. The van der Waals surface area contributed by atoms with Crippen LogP contribution in [0.15, 0.2) is 18.3 Å². The van der Waals surface area contributed by atoms with Crippen molar-refractivity contribution in [1.29, 1.82) is 0 Å². The third kappa shape index (κ3) is 2.39. The van der Waals surface area contributed by atoms with E-state index in [1.165, 1.54) is 13.2 Å². The molecule has 1 aromatic heterocycles. The molecule has 0 saturated heterocycles. The Morgan fingerprint density at radius 2 is 2.50 bits per heavy atom. The fourth-order valence-electron chi connectivity index (χ4n) is 1.58.